The van der Waals surface area contributed by atoms with Gasteiger partial charge in [-0.1, -0.05) is 35.3 Å². The quantitative estimate of drug-likeness (QED) is 0.310. The van der Waals surface area contributed by atoms with Crippen LogP contribution < -0.4 is 19.9 Å². The van der Waals surface area contributed by atoms with Crippen LogP contribution in [0.1, 0.15) is 10.4 Å². The van der Waals surface area contributed by atoms with Gasteiger partial charge in [0, 0.05) is 11.1 Å². The number of hydrogen-bond donors (Lipinski definition) is 2. The second-order valence-corrected chi connectivity index (χ2v) is 9.21. The second-order valence-electron chi connectivity index (χ2n) is 6.69. The van der Waals surface area contributed by atoms with Gasteiger partial charge in [-0.15, -0.1) is 0 Å². The van der Waals surface area contributed by atoms with Crippen molar-refractivity contribution in [3.05, 3.63) is 76.3 Å². The molecule has 0 aliphatic carbocycles. The van der Waals surface area contributed by atoms with Crippen LogP contribution in [-0.2, 0) is 14.8 Å². The third kappa shape index (κ3) is 6.35. The average molecular weight is 549 g/mol. The van der Waals surface area contributed by atoms with Crippen LogP contribution in [0.2, 0.25) is 10.0 Å². The van der Waals surface area contributed by atoms with Crippen LogP contribution >= 0.6 is 23.2 Å². The molecule has 184 valence electrons. The highest BCUT2D eigenvalue weighted by Gasteiger charge is 2.42. The number of nitrogens with two attached hydrogens (primary N) is 1. The first kappa shape index (κ1) is 26.1. The first-order chi connectivity index (χ1) is 16.3. The zero-order valence-electron chi connectivity index (χ0n) is 17.1. The zero-order valence-corrected chi connectivity index (χ0v) is 19.4. The fraction of sp³-hybridized carbons (Fsp3) is 0.0476. The molecule has 3 rings (SSSR count). The van der Waals surface area contributed by atoms with E-state index in [-0.39, 0.29) is 22.2 Å². The normalized spacial score (nSPS) is 11.6. The molecule has 0 saturated carbocycles. The van der Waals surface area contributed by atoms with E-state index in [1.165, 1.54) is 36.4 Å². The highest BCUT2D eigenvalue weighted by Crippen LogP contribution is 2.36. The summed E-state index contributed by atoms with van der Waals surface area (Å²) in [5.74, 6) is -4.71. The molecule has 0 aromatic heterocycles. The van der Waals surface area contributed by atoms with Crippen LogP contribution in [0.5, 0.6) is 17.2 Å². The highest BCUT2D eigenvalue weighted by atomic mass is 35.5. The molecular weight excluding hydrogens is 536 g/mol. The lowest BCUT2D eigenvalue weighted by atomic mass is 10.2. The molecular formula is C21H13Cl2F3N2O6S. The lowest BCUT2D eigenvalue weighted by Gasteiger charge is -2.15. The van der Waals surface area contributed by atoms with Gasteiger partial charge in [0.2, 0.25) is 0 Å². The van der Waals surface area contributed by atoms with E-state index in [0.717, 1.165) is 12.1 Å². The summed E-state index contributed by atoms with van der Waals surface area (Å²) in [7, 11) is -4.49. The Balaban J connectivity index is 1.96. The van der Waals surface area contributed by atoms with Gasteiger partial charge in [0.1, 0.15) is 11.5 Å². The number of primary amides is 1. The van der Waals surface area contributed by atoms with Crippen LogP contribution in [0.3, 0.4) is 0 Å². The molecule has 14 heteroatoms. The minimum absolute atomic E-state index is 0.0257. The van der Waals surface area contributed by atoms with Crippen molar-refractivity contribution < 1.29 is 40.7 Å². The smallest absolute Gasteiger partial charge is 0.454 e. The van der Waals surface area contributed by atoms with Crippen LogP contribution in [0.25, 0.3) is 0 Å². The van der Waals surface area contributed by atoms with Crippen LogP contribution in [0.15, 0.2) is 65.6 Å². The number of ether oxygens (including phenoxy) is 2. The van der Waals surface area contributed by atoms with E-state index >= 15 is 0 Å². The number of carbonyl (C=O) groups is 2. The van der Waals surface area contributed by atoms with Crippen molar-refractivity contribution in [2.24, 2.45) is 5.73 Å². The lowest BCUT2D eigenvalue weighted by molar-refractivity contribution is -0.189. The number of esters is 1. The van der Waals surface area contributed by atoms with E-state index in [1.807, 2.05) is 0 Å². The number of anilines is 1. The molecule has 0 atom stereocenters. The molecule has 1 amide bonds. The van der Waals surface area contributed by atoms with Crippen molar-refractivity contribution in [1.29, 1.82) is 0 Å². The number of halogens is 5. The van der Waals surface area contributed by atoms with Gasteiger partial charge in [-0.3, -0.25) is 9.52 Å². The van der Waals surface area contributed by atoms with E-state index in [0.29, 0.717) is 11.1 Å². The third-order valence-electron chi connectivity index (χ3n) is 4.21. The minimum Gasteiger partial charge on any atom is -0.454 e. The Kier molecular flexibility index (Phi) is 7.48. The summed E-state index contributed by atoms with van der Waals surface area (Å²) in [5, 5.41) is 0.492. The Bertz CT molecular complexity index is 1410. The van der Waals surface area contributed by atoms with E-state index in [2.05, 4.69) is 9.46 Å². The maximum absolute atomic E-state index is 12.9. The molecule has 0 aliphatic rings. The van der Waals surface area contributed by atoms with Crippen LogP contribution in [0.4, 0.5) is 18.9 Å². The Labute approximate surface area is 206 Å². The van der Waals surface area contributed by atoms with E-state index < -0.39 is 44.3 Å². The molecule has 0 saturated heterocycles. The van der Waals surface area contributed by atoms with Gasteiger partial charge in [0.25, 0.3) is 15.9 Å². The maximum Gasteiger partial charge on any atom is 0.491 e. The first-order valence-electron chi connectivity index (χ1n) is 9.25. The Morgan fingerprint density at radius 2 is 1.60 bits per heavy atom. The van der Waals surface area contributed by atoms with Crippen LogP contribution in [-0.4, -0.2) is 26.5 Å². The van der Waals surface area contributed by atoms with Crippen molar-refractivity contribution in [2.45, 2.75) is 11.1 Å². The van der Waals surface area contributed by atoms with Gasteiger partial charge in [0.15, 0.2) is 5.75 Å². The summed E-state index contributed by atoms with van der Waals surface area (Å²) in [6.07, 6.45) is -5.40. The minimum atomic E-state index is -5.40. The predicted octanol–water partition coefficient (Wildman–Crippen LogP) is 5.15. The number of benzene rings is 3. The number of nitrogens with one attached hydrogen (secondary N) is 1. The predicted molar refractivity (Wildman–Crippen MR) is 120 cm³/mol. The van der Waals surface area contributed by atoms with Gasteiger partial charge in [-0.25, -0.2) is 13.2 Å². The molecule has 8 nitrogen and oxygen atoms in total. The molecule has 0 fully saturated rings. The van der Waals surface area contributed by atoms with Crippen molar-refractivity contribution in [2.75, 3.05) is 4.72 Å². The highest BCUT2D eigenvalue weighted by molar-refractivity contribution is 7.92. The molecule has 3 N–H and O–H groups in total. The molecule has 3 aromatic rings. The van der Waals surface area contributed by atoms with E-state index in [9.17, 15) is 31.2 Å². The summed E-state index contributed by atoms with van der Waals surface area (Å²) in [4.78, 5) is 22.1. The Morgan fingerprint density at radius 1 is 0.914 bits per heavy atom. The molecule has 0 bridgehead atoms. The first-order valence-corrected chi connectivity index (χ1v) is 11.5. The van der Waals surface area contributed by atoms with Crippen molar-refractivity contribution in [1.82, 2.24) is 0 Å². The SMILES string of the molecule is NC(=O)c1ccc(S(=O)(=O)Nc2ccccc2Oc2ccc(Cl)cc2Cl)cc1OC(=O)C(F)(F)F. The summed E-state index contributed by atoms with van der Waals surface area (Å²) in [6, 6.07) is 12.4. The monoisotopic (exact) mass is 548 g/mol. The molecule has 0 heterocycles. The van der Waals surface area contributed by atoms with Crippen molar-refractivity contribution in [3.8, 4) is 17.2 Å². The largest absolute Gasteiger partial charge is 0.491 e. The number of hydrogen-bond acceptors (Lipinski definition) is 6. The number of alkyl halides is 3. The summed E-state index contributed by atoms with van der Waals surface area (Å²) >= 11 is 11.9. The number of amides is 1. The van der Waals surface area contributed by atoms with E-state index in [1.54, 1.807) is 6.07 Å². The molecule has 35 heavy (non-hydrogen) atoms. The fourth-order valence-electron chi connectivity index (χ4n) is 2.64. The molecule has 0 unspecified atom stereocenters. The fourth-order valence-corrected chi connectivity index (χ4v) is 4.17. The topological polar surface area (TPSA) is 125 Å². The van der Waals surface area contributed by atoms with Gasteiger partial charge < -0.3 is 15.2 Å². The van der Waals surface area contributed by atoms with E-state index in [4.69, 9.17) is 33.7 Å². The van der Waals surface area contributed by atoms with Crippen molar-refractivity contribution >= 4 is 50.8 Å². The van der Waals surface area contributed by atoms with Gasteiger partial charge >= 0.3 is 12.1 Å². The van der Waals surface area contributed by atoms with Gasteiger partial charge in [0.05, 0.1) is 21.2 Å². The molecule has 0 aliphatic heterocycles. The average Bonchev–Trinajstić information content (AvgIpc) is 2.76. The zero-order chi connectivity index (χ0) is 26.0. The summed E-state index contributed by atoms with van der Waals surface area (Å²) in [6.45, 7) is 0. The number of sulfonamides is 1. The lowest BCUT2D eigenvalue weighted by Crippen LogP contribution is -2.29. The Morgan fingerprint density at radius 3 is 2.23 bits per heavy atom. The second kappa shape index (κ2) is 10.0. The molecule has 3 aromatic carbocycles. The number of para-hydroxylation sites is 2. The standard InChI is InChI=1S/C21H13Cl2F3N2O6S/c22-11-5-8-16(14(23)9-11)33-17-4-2-1-3-15(17)28-35(31,32)12-6-7-13(19(27)29)18(10-12)34-20(30)21(24,25)26/h1-10,28H,(H2,27,29). The number of carbonyl (C=O) groups excluding carboxylic acids is 2. The van der Waals surface area contributed by atoms with Crippen LogP contribution in [0, 0.1) is 0 Å². The van der Waals surface area contributed by atoms with Gasteiger partial charge in [-0.05, 0) is 42.5 Å². The summed E-state index contributed by atoms with van der Waals surface area (Å²) < 4.78 is 75.8. The third-order valence-corrected chi connectivity index (χ3v) is 6.10. The summed E-state index contributed by atoms with van der Waals surface area (Å²) in [5.41, 5.74) is 4.38. The Hall–Kier alpha value is -3.48. The maximum atomic E-state index is 12.9. The molecule has 0 spiro atoms. The van der Waals surface area contributed by atoms with Crippen molar-refractivity contribution in [3.63, 3.8) is 0 Å². The molecule has 0 radical (unpaired) electrons. The number of rotatable bonds is 7. The van der Waals surface area contributed by atoms with Gasteiger partial charge in [-0.2, -0.15) is 13.2 Å².